The first-order valence-corrected chi connectivity index (χ1v) is 8.58. The molecule has 2 aliphatic heterocycles. The molecule has 2 heterocycles. The van der Waals surface area contributed by atoms with Gasteiger partial charge in [0, 0.05) is 31.2 Å². The quantitative estimate of drug-likeness (QED) is 0.750. The maximum Gasteiger partial charge on any atom is 0.0249 e. The van der Waals surface area contributed by atoms with Crippen LogP contribution in [-0.2, 0) is 0 Å². The van der Waals surface area contributed by atoms with E-state index in [2.05, 4.69) is 44.4 Å². The van der Waals surface area contributed by atoms with Crippen LogP contribution in [0.2, 0.25) is 0 Å². The van der Waals surface area contributed by atoms with Crippen molar-refractivity contribution in [1.29, 1.82) is 0 Å². The number of hydrogen-bond acceptors (Lipinski definition) is 2. The van der Waals surface area contributed by atoms with E-state index in [0.717, 1.165) is 30.0 Å². The number of rotatable bonds is 5. The van der Waals surface area contributed by atoms with E-state index in [1.165, 1.54) is 45.3 Å². The fraction of sp³-hybridized carbons (Fsp3) is 1.00. The summed E-state index contributed by atoms with van der Waals surface area (Å²) in [5.41, 5.74) is 0. The molecule has 19 heavy (non-hydrogen) atoms. The van der Waals surface area contributed by atoms with Crippen LogP contribution in [0, 0.1) is 11.8 Å². The largest absolute Gasteiger partial charge is 0.298 e. The zero-order valence-corrected chi connectivity index (χ0v) is 13.7. The van der Waals surface area contributed by atoms with Gasteiger partial charge in [0.25, 0.3) is 0 Å². The molecule has 2 heteroatoms. The van der Waals surface area contributed by atoms with Crippen LogP contribution in [0.25, 0.3) is 0 Å². The Morgan fingerprint density at radius 2 is 1.74 bits per heavy atom. The van der Waals surface area contributed by atoms with E-state index in [9.17, 15) is 0 Å². The smallest absolute Gasteiger partial charge is 0.0249 e. The number of piperazine rings is 1. The van der Waals surface area contributed by atoms with Crippen molar-refractivity contribution in [3.63, 3.8) is 0 Å². The second-order valence-corrected chi connectivity index (χ2v) is 7.12. The van der Waals surface area contributed by atoms with Crippen molar-refractivity contribution in [3.05, 3.63) is 0 Å². The van der Waals surface area contributed by atoms with Gasteiger partial charge in [0.15, 0.2) is 0 Å². The van der Waals surface area contributed by atoms with Gasteiger partial charge in [0.2, 0.25) is 0 Å². The molecule has 3 unspecified atom stereocenters. The maximum atomic E-state index is 2.87. The molecule has 0 amide bonds. The average Bonchev–Trinajstić information content (AvgIpc) is 2.85. The molecular weight excluding hydrogens is 232 g/mol. The lowest BCUT2D eigenvalue weighted by Crippen LogP contribution is -2.61. The molecule has 0 N–H and O–H groups in total. The highest BCUT2D eigenvalue weighted by Gasteiger charge is 2.40. The first-order chi connectivity index (χ1) is 9.08. The number of fused-ring (bicyclic) bond motifs is 1. The third-order valence-electron chi connectivity index (χ3n) is 5.79. The van der Waals surface area contributed by atoms with Gasteiger partial charge in [-0.3, -0.25) is 9.80 Å². The van der Waals surface area contributed by atoms with Gasteiger partial charge in [-0.2, -0.15) is 0 Å². The summed E-state index contributed by atoms with van der Waals surface area (Å²) < 4.78 is 0. The molecule has 0 bridgehead atoms. The molecule has 0 spiro atoms. The summed E-state index contributed by atoms with van der Waals surface area (Å²) in [6, 6.07) is 2.38. The minimum atomic E-state index is 0.755. The molecule has 0 aromatic rings. The van der Waals surface area contributed by atoms with Crippen LogP contribution in [0.5, 0.6) is 0 Å². The Morgan fingerprint density at radius 3 is 2.32 bits per heavy atom. The second-order valence-electron chi connectivity index (χ2n) is 7.12. The third-order valence-corrected chi connectivity index (χ3v) is 5.79. The monoisotopic (exact) mass is 266 g/mol. The van der Waals surface area contributed by atoms with Gasteiger partial charge in [-0.25, -0.2) is 0 Å². The third kappa shape index (κ3) is 3.16. The van der Waals surface area contributed by atoms with E-state index in [-0.39, 0.29) is 0 Å². The standard InChI is InChI=1S/C17H34N2/c1-6-15(7-2)14(5)19-11-16-9-8-10-18(16)12-17(19)13(3)4/h13-17H,6-12H2,1-5H3. The van der Waals surface area contributed by atoms with E-state index in [1.807, 2.05) is 0 Å². The predicted molar refractivity (Wildman–Crippen MR) is 83.5 cm³/mol. The highest BCUT2D eigenvalue weighted by atomic mass is 15.3. The van der Waals surface area contributed by atoms with Gasteiger partial charge in [-0.15, -0.1) is 0 Å². The molecule has 2 fully saturated rings. The lowest BCUT2D eigenvalue weighted by molar-refractivity contribution is -0.0126. The summed E-state index contributed by atoms with van der Waals surface area (Å²) in [6.07, 6.45) is 5.50. The second kappa shape index (κ2) is 6.58. The highest BCUT2D eigenvalue weighted by molar-refractivity contribution is 4.95. The lowest BCUT2D eigenvalue weighted by atomic mass is 9.89. The lowest BCUT2D eigenvalue weighted by Gasteiger charge is -2.49. The Morgan fingerprint density at radius 1 is 1.05 bits per heavy atom. The summed E-state index contributed by atoms with van der Waals surface area (Å²) in [5, 5.41) is 0. The summed E-state index contributed by atoms with van der Waals surface area (Å²) in [5.74, 6) is 1.65. The van der Waals surface area contributed by atoms with Crippen LogP contribution in [0.15, 0.2) is 0 Å². The van der Waals surface area contributed by atoms with Crippen molar-refractivity contribution in [1.82, 2.24) is 9.80 Å². The maximum absolute atomic E-state index is 2.87. The van der Waals surface area contributed by atoms with Gasteiger partial charge >= 0.3 is 0 Å². The van der Waals surface area contributed by atoms with Gasteiger partial charge in [0.05, 0.1) is 0 Å². The van der Waals surface area contributed by atoms with Crippen molar-refractivity contribution in [2.24, 2.45) is 11.8 Å². The fourth-order valence-corrected chi connectivity index (χ4v) is 4.37. The normalized spacial score (nSPS) is 31.1. The van der Waals surface area contributed by atoms with Crippen LogP contribution < -0.4 is 0 Å². The molecule has 2 nitrogen and oxygen atoms in total. The predicted octanol–water partition coefficient (Wildman–Crippen LogP) is 3.62. The molecular formula is C17H34N2. The first kappa shape index (κ1) is 15.3. The molecule has 0 radical (unpaired) electrons. The molecule has 0 aliphatic carbocycles. The molecule has 3 atom stereocenters. The van der Waals surface area contributed by atoms with Crippen molar-refractivity contribution in [2.45, 2.75) is 78.4 Å². The SMILES string of the molecule is CCC(CC)C(C)N1CC2CCCN2CC1C(C)C. The summed E-state index contributed by atoms with van der Waals surface area (Å²) in [6.45, 7) is 16.0. The Labute approximate surface area is 120 Å². The van der Waals surface area contributed by atoms with Crippen molar-refractivity contribution >= 4 is 0 Å². The van der Waals surface area contributed by atoms with Gasteiger partial charge < -0.3 is 0 Å². The van der Waals surface area contributed by atoms with Gasteiger partial charge in [-0.1, -0.05) is 40.5 Å². The van der Waals surface area contributed by atoms with E-state index in [1.54, 1.807) is 0 Å². The molecule has 0 aromatic heterocycles. The molecule has 2 aliphatic rings. The first-order valence-electron chi connectivity index (χ1n) is 8.58. The van der Waals surface area contributed by atoms with Crippen molar-refractivity contribution < 1.29 is 0 Å². The van der Waals surface area contributed by atoms with Crippen LogP contribution in [0.1, 0.15) is 60.3 Å². The van der Waals surface area contributed by atoms with Crippen LogP contribution in [0.4, 0.5) is 0 Å². The molecule has 0 aromatic carbocycles. The summed E-state index contributed by atoms with van der Waals surface area (Å²) in [4.78, 5) is 5.63. The highest BCUT2D eigenvalue weighted by Crippen LogP contribution is 2.31. The average molecular weight is 266 g/mol. The van der Waals surface area contributed by atoms with E-state index >= 15 is 0 Å². The van der Waals surface area contributed by atoms with Gasteiger partial charge in [0.1, 0.15) is 0 Å². The van der Waals surface area contributed by atoms with Crippen LogP contribution in [0.3, 0.4) is 0 Å². The summed E-state index contributed by atoms with van der Waals surface area (Å²) in [7, 11) is 0. The minimum absolute atomic E-state index is 0.755. The van der Waals surface area contributed by atoms with E-state index < -0.39 is 0 Å². The van der Waals surface area contributed by atoms with Crippen molar-refractivity contribution in [2.75, 3.05) is 19.6 Å². The van der Waals surface area contributed by atoms with E-state index in [4.69, 9.17) is 0 Å². The Bertz CT molecular complexity index is 272. The molecule has 112 valence electrons. The minimum Gasteiger partial charge on any atom is -0.298 e. The zero-order chi connectivity index (χ0) is 14.0. The molecule has 2 rings (SSSR count). The Hall–Kier alpha value is -0.0800. The fourth-order valence-electron chi connectivity index (χ4n) is 4.37. The number of nitrogens with zero attached hydrogens (tertiary/aromatic N) is 2. The molecule has 2 saturated heterocycles. The van der Waals surface area contributed by atoms with Crippen molar-refractivity contribution in [3.8, 4) is 0 Å². The Balaban J connectivity index is 2.10. The van der Waals surface area contributed by atoms with Crippen LogP contribution in [-0.4, -0.2) is 47.6 Å². The van der Waals surface area contributed by atoms with Gasteiger partial charge in [-0.05, 0) is 38.1 Å². The van der Waals surface area contributed by atoms with Crippen LogP contribution >= 0.6 is 0 Å². The molecule has 0 saturated carbocycles. The summed E-state index contributed by atoms with van der Waals surface area (Å²) >= 11 is 0. The number of hydrogen-bond donors (Lipinski definition) is 0. The topological polar surface area (TPSA) is 6.48 Å². The Kier molecular flexibility index (Phi) is 5.30. The van der Waals surface area contributed by atoms with E-state index in [0.29, 0.717) is 0 Å². The zero-order valence-electron chi connectivity index (χ0n) is 13.7.